The Morgan fingerprint density at radius 2 is 1.61 bits per heavy atom. The van der Waals surface area contributed by atoms with Crippen molar-refractivity contribution in [1.29, 1.82) is 0 Å². The minimum atomic E-state index is -0.496. The van der Waals surface area contributed by atoms with E-state index in [9.17, 15) is 14.7 Å². The molecule has 12 atom stereocenters. The lowest BCUT2D eigenvalue weighted by molar-refractivity contribution is -0.184. The first-order valence-corrected chi connectivity index (χ1v) is 17.0. The second-order valence-electron chi connectivity index (χ2n) is 15.5. The molecule has 0 aromatic rings. The number of aliphatic hydroxyl groups excluding tert-OH is 1. The van der Waals surface area contributed by atoms with Gasteiger partial charge in [-0.15, -0.1) is 0 Å². The Morgan fingerprint density at radius 1 is 0.927 bits per heavy atom. The summed E-state index contributed by atoms with van der Waals surface area (Å²) in [4.78, 5) is 25.0. The van der Waals surface area contributed by atoms with Crippen molar-refractivity contribution in [2.24, 2.45) is 58.2 Å². The smallest absolute Gasteiger partial charge is 0.308 e. The standard InChI is InChI=1S/C35H60O6/c1-9-22(4)33(38)41-26-14-16-34(7)25(18-26)19-30(36)32-28-12-11-27(35(28,8)17-15-29(32)34)23(5)10-13-31(37)40-24(6)39-20-21(2)3/h21-30,32,36H,9-20H2,1-8H3/t22?,23?,24?,25?,26?,27?,28?,29?,30?,32?,34-,35+/m0/s1. The van der Waals surface area contributed by atoms with E-state index in [1.54, 1.807) is 6.92 Å². The second-order valence-corrected chi connectivity index (χ2v) is 15.5. The molecule has 0 spiro atoms. The predicted molar refractivity (Wildman–Crippen MR) is 161 cm³/mol. The number of rotatable bonds is 11. The van der Waals surface area contributed by atoms with Crippen LogP contribution in [0.4, 0.5) is 0 Å². The number of aliphatic hydroxyl groups is 1. The third kappa shape index (κ3) is 6.84. The van der Waals surface area contributed by atoms with Gasteiger partial charge in [0.1, 0.15) is 6.10 Å². The van der Waals surface area contributed by atoms with Crippen molar-refractivity contribution in [2.45, 2.75) is 145 Å². The zero-order valence-electron chi connectivity index (χ0n) is 27.3. The van der Waals surface area contributed by atoms with Gasteiger partial charge in [0, 0.05) is 6.42 Å². The van der Waals surface area contributed by atoms with Gasteiger partial charge in [-0.3, -0.25) is 9.59 Å². The molecule has 0 aromatic carbocycles. The van der Waals surface area contributed by atoms with Crippen LogP contribution < -0.4 is 0 Å². The van der Waals surface area contributed by atoms with Crippen LogP contribution in [-0.4, -0.2) is 42.1 Å². The Labute approximate surface area is 250 Å². The van der Waals surface area contributed by atoms with Crippen molar-refractivity contribution in [3.63, 3.8) is 0 Å². The summed E-state index contributed by atoms with van der Waals surface area (Å²) in [7, 11) is 0. The van der Waals surface area contributed by atoms with Crippen molar-refractivity contribution in [1.82, 2.24) is 0 Å². The lowest BCUT2D eigenvalue weighted by atomic mass is 9.43. The van der Waals surface area contributed by atoms with Gasteiger partial charge in [0.2, 0.25) is 0 Å². The molecular formula is C35H60O6. The summed E-state index contributed by atoms with van der Waals surface area (Å²) in [5.41, 5.74) is 0.428. The molecule has 0 saturated heterocycles. The van der Waals surface area contributed by atoms with Gasteiger partial charge in [-0.1, -0.05) is 48.5 Å². The summed E-state index contributed by atoms with van der Waals surface area (Å²) >= 11 is 0. The van der Waals surface area contributed by atoms with E-state index in [1.807, 2.05) is 13.8 Å². The molecule has 41 heavy (non-hydrogen) atoms. The minimum Gasteiger partial charge on any atom is -0.462 e. The third-order valence-electron chi connectivity index (χ3n) is 12.5. The molecule has 4 aliphatic rings. The van der Waals surface area contributed by atoms with Crippen molar-refractivity contribution >= 4 is 11.9 Å². The van der Waals surface area contributed by atoms with Gasteiger partial charge in [-0.25, -0.2) is 0 Å². The second kappa shape index (κ2) is 13.2. The van der Waals surface area contributed by atoms with Crippen LogP contribution >= 0.6 is 0 Å². The first kappa shape index (κ1) is 32.8. The van der Waals surface area contributed by atoms with Gasteiger partial charge in [-0.2, -0.15) is 0 Å². The van der Waals surface area contributed by atoms with Crippen molar-refractivity contribution in [2.75, 3.05) is 6.61 Å². The Hall–Kier alpha value is -1.14. The Bertz CT molecular complexity index is 903. The summed E-state index contributed by atoms with van der Waals surface area (Å²) in [6.45, 7) is 17.9. The molecule has 0 heterocycles. The molecule has 4 rings (SSSR count). The summed E-state index contributed by atoms with van der Waals surface area (Å²) < 4.78 is 17.1. The van der Waals surface area contributed by atoms with E-state index in [0.717, 1.165) is 38.5 Å². The van der Waals surface area contributed by atoms with Gasteiger partial charge in [0.05, 0.1) is 18.6 Å². The summed E-state index contributed by atoms with van der Waals surface area (Å²) in [5.74, 6) is 3.02. The maximum Gasteiger partial charge on any atom is 0.308 e. The van der Waals surface area contributed by atoms with E-state index in [4.69, 9.17) is 14.2 Å². The number of esters is 2. The van der Waals surface area contributed by atoms with Crippen LogP contribution in [0.3, 0.4) is 0 Å². The van der Waals surface area contributed by atoms with E-state index in [2.05, 4.69) is 34.6 Å². The highest BCUT2D eigenvalue weighted by molar-refractivity contribution is 5.72. The molecule has 4 fully saturated rings. The fourth-order valence-electron chi connectivity index (χ4n) is 9.87. The highest BCUT2D eigenvalue weighted by Crippen LogP contribution is 2.68. The fourth-order valence-corrected chi connectivity index (χ4v) is 9.87. The summed E-state index contributed by atoms with van der Waals surface area (Å²) in [6, 6.07) is 0. The van der Waals surface area contributed by atoms with Gasteiger partial charge in [0.25, 0.3) is 0 Å². The molecule has 0 aliphatic heterocycles. The van der Waals surface area contributed by atoms with E-state index in [0.29, 0.717) is 54.5 Å². The van der Waals surface area contributed by atoms with Crippen molar-refractivity contribution < 1.29 is 28.9 Å². The number of carbonyl (C=O) groups excluding carboxylic acids is 2. The zero-order chi connectivity index (χ0) is 30.1. The van der Waals surface area contributed by atoms with Crippen molar-refractivity contribution in [3.8, 4) is 0 Å². The van der Waals surface area contributed by atoms with Crippen LogP contribution in [0.15, 0.2) is 0 Å². The van der Waals surface area contributed by atoms with E-state index in [-0.39, 0.29) is 40.9 Å². The number of carbonyl (C=O) groups is 2. The largest absolute Gasteiger partial charge is 0.462 e. The lowest BCUT2D eigenvalue weighted by Crippen LogP contribution is -2.58. The maximum absolute atomic E-state index is 12.5. The van der Waals surface area contributed by atoms with Gasteiger partial charge in [-0.05, 0) is 123 Å². The highest BCUT2D eigenvalue weighted by Gasteiger charge is 2.63. The number of hydrogen-bond donors (Lipinski definition) is 1. The SMILES string of the molecule is CCC(C)C(=O)OC1CC[C@@]2(C)C(C1)CC(O)C1C3CCC(C(C)CCC(=O)OC(C)OCC(C)C)[C@@]3(C)CCC12. The molecular weight excluding hydrogens is 516 g/mol. The lowest BCUT2D eigenvalue weighted by Gasteiger charge is -2.62. The van der Waals surface area contributed by atoms with Crippen molar-refractivity contribution in [3.05, 3.63) is 0 Å². The number of ether oxygens (including phenoxy) is 3. The Kier molecular flexibility index (Phi) is 10.6. The normalized spacial score (nSPS) is 40.6. The molecule has 4 aliphatic carbocycles. The summed E-state index contributed by atoms with van der Waals surface area (Å²) in [6.07, 6.45) is 9.86. The monoisotopic (exact) mass is 576 g/mol. The van der Waals surface area contributed by atoms with Crippen LogP contribution in [0.2, 0.25) is 0 Å². The van der Waals surface area contributed by atoms with Crippen LogP contribution in [-0.2, 0) is 23.8 Å². The average molecular weight is 577 g/mol. The average Bonchev–Trinajstić information content (AvgIpc) is 3.28. The third-order valence-corrected chi connectivity index (χ3v) is 12.5. The minimum absolute atomic E-state index is 0.000313. The molecule has 6 nitrogen and oxygen atoms in total. The maximum atomic E-state index is 12.5. The molecule has 0 radical (unpaired) electrons. The van der Waals surface area contributed by atoms with Crippen LogP contribution in [0, 0.1) is 58.2 Å². The molecule has 0 aromatic heterocycles. The van der Waals surface area contributed by atoms with Gasteiger partial charge >= 0.3 is 11.9 Å². The molecule has 0 amide bonds. The molecule has 6 heteroatoms. The van der Waals surface area contributed by atoms with Crippen LogP contribution in [0.25, 0.3) is 0 Å². The highest BCUT2D eigenvalue weighted by atomic mass is 16.7. The molecule has 236 valence electrons. The number of fused-ring (bicyclic) bond motifs is 5. The van der Waals surface area contributed by atoms with Crippen LogP contribution in [0.1, 0.15) is 126 Å². The van der Waals surface area contributed by atoms with Gasteiger partial charge in [0.15, 0.2) is 6.29 Å². The van der Waals surface area contributed by atoms with E-state index in [1.165, 1.54) is 25.7 Å². The summed E-state index contributed by atoms with van der Waals surface area (Å²) in [5, 5.41) is 11.7. The van der Waals surface area contributed by atoms with Crippen LogP contribution in [0.5, 0.6) is 0 Å². The van der Waals surface area contributed by atoms with Gasteiger partial charge < -0.3 is 19.3 Å². The molecule has 0 bridgehead atoms. The Morgan fingerprint density at radius 3 is 2.29 bits per heavy atom. The predicted octanol–water partition coefficient (Wildman–Crippen LogP) is 7.55. The molecule has 4 saturated carbocycles. The topological polar surface area (TPSA) is 82.1 Å². The Balaban J connectivity index is 1.36. The first-order chi connectivity index (χ1) is 19.3. The molecule has 1 N–H and O–H groups in total. The van der Waals surface area contributed by atoms with E-state index >= 15 is 0 Å². The number of hydrogen-bond acceptors (Lipinski definition) is 6. The molecule has 10 unspecified atom stereocenters. The quantitative estimate of drug-likeness (QED) is 0.202. The fraction of sp³-hybridized carbons (Fsp3) is 0.943. The zero-order valence-corrected chi connectivity index (χ0v) is 27.3. The first-order valence-electron chi connectivity index (χ1n) is 17.0. The van der Waals surface area contributed by atoms with E-state index < -0.39 is 6.29 Å².